The van der Waals surface area contributed by atoms with E-state index in [0.717, 1.165) is 27.6 Å². The highest BCUT2D eigenvalue weighted by molar-refractivity contribution is 5.96. The molecule has 4 nitrogen and oxygen atoms in total. The molecule has 0 saturated carbocycles. The molecule has 0 fully saturated rings. The van der Waals surface area contributed by atoms with E-state index in [-0.39, 0.29) is 5.91 Å². The molecule has 0 bridgehead atoms. The first-order valence-corrected chi connectivity index (χ1v) is 8.83. The summed E-state index contributed by atoms with van der Waals surface area (Å²) in [5, 5.41) is 9.51. The Morgan fingerprint density at radius 1 is 0.963 bits per heavy atom. The summed E-state index contributed by atoms with van der Waals surface area (Å²) in [6.45, 7) is 0.439. The number of rotatable bonds is 5. The zero-order valence-electron chi connectivity index (χ0n) is 14.7. The van der Waals surface area contributed by atoms with Gasteiger partial charge in [0.15, 0.2) is 0 Å². The van der Waals surface area contributed by atoms with Crippen molar-refractivity contribution in [3.8, 4) is 5.69 Å². The summed E-state index contributed by atoms with van der Waals surface area (Å²) in [7, 11) is 0. The van der Waals surface area contributed by atoms with Gasteiger partial charge in [0.05, 0.1) is 5.69 Å². The molecule has 4 aromatic rings. The largest absolute Gasteiger partial charge is 0.348 e. The van der Waals surface area contributed by atoms with Crippen molar-refractivity contribution in [2.75, 3.05) is 0 Å². The number of aromatic nitrogens is 2. The molecule has 3 aromatic carbocycles. The highest BCUT2D eigenvalue weighted by Gasteiger charge is 2.05. The van der Waals surface area contributed by atoms with Gasteiger partial charge in [-0.15, -0.1) is 0 Å². The van der Waals surface area contributed by atoms with E-state index in [9.17, 15) is 4.79 Å². The molecule has 0 aliphatic rings. The van der Waals surface area contributed by atoms with Gasteiger partial charge in [-0.1, -0.05) is 60.7 Å². The number of para-hydroxylation sites is 1. The van der Waals surface area contributed by atoms with Crippen molar-refractivity contribution in [2.24, 2.45) is 0 Å². The van der Waals surface area contributed by atoms with Gasteiger partial charge in [0.2, 0.25) is 5.91 Å². The molecule has 1 N–H and O–H groups in total. The third-order valence-electron chi connectivity index (χ3n) is 4.43. The van der Waals surface area contributed by atoms with Gasteiger partial charge in [-0.05, 0) is 40.1 Å². The molecule has 4 rings (SSSR count). The lowest BCUT2D eigenvalue weighted by Crippen LogP contribution is -2.21. The number of nitrogens with zero attached hydrogens (tertiary/aromatic N) is 2. The molecule has 1 amide bonds. The molecular formula is C23H19N3O. The molecular weight excluding hydrogens is 334 g/mol. The van der Waals surface area contributed by atoms with Crippen LogP contribution >= 0.6 is 0 Å². The predicted octanol–water partition coefficient (Wildman–Crippen LogP) is 4.36. The second-order valence-corrected chi connectivity index (χ2v) is 6.20. The van der Waals surface area contributed by atoms with Crippen LogP contribution in [-0.2, 0) is 11.3 Å². The standard InChI is InChI=1S/C23H19N3O/c27-23(14-13-19-10-5-9-18-7-1-3-11-21(18)19)24-17-20-8-2-4-12-22(20)26-16-6-15-25-26/h1-16H,17H2,(H,24,27)/b14-13+. The first-order chi connectivity index (χ1) is 13.3. The van der Waals surface area contributed by atoms with E-state index < -0.39 is 0 Å². The van der Waals surface area contributed by atoms with Crippen molar-refractivity contribution in [3.63, 3.8) is 0 Å². The Hall–Kier alpha value is -3.66. The maximum Gasteiger partial charge on any atom is 0.244 e. The number of benzene rings is 3. The number of nitrogens with one attached hydrogen (secondary N) is 1. The summed E-state index contributed by atoms with van der Waals surface area (Å²) >= 11 is 0. The molecule has 132 valence electrons. The molecule has 4 heteroatoms. The Kier molecular flexibility index (Phi) is 4.79. The average Bonchev–Trinajstić information content (AvgIpc) is 3.25. The highest BCUT2D eigenvalue weighted by atomic mass is 16.1. The van der Waals surface area contributed by atoms with Crippen molar-refractivity contribution in [2.45, 2.75) is 6.54 Å². The fraction of sp³-hybridized carbons (Fsp3) is 0.0435. The van der Waals surface area contributed by atoms with Gasteiger partial charge in [0.25, 0.3) is 0 Å². The van der Waals surface area contributed by atoms with Crippen molar-refractivity contribution in [1.82, 2.24) is 15.1 Å². The Morgan fingerprint density at radius 3 is 2.67 bits per heavy atom. The maximum atomic E-state index is 12.3. The Labute approximate surface area is 157 Å². The lowest BCUT2D eigenvalue weighted by molar-refractivity contribution is -0.116. The van der Waals surface area contributed by atoms with Gasteiger partial charge in [0.1, 0.15) is 0 Å². The first kappa shape index (κ1) is 16.8. The minimum Gasteiger partial charge on any atom is -0.348 e. The molecule has 0 unspecified atom stereocenters. The molecule has 1 heterocycles. The van der Waals surface area contributed by atoms with E-state index in [0.29, 0.717) is 6.54 Å². The van der Waals surface area contributed by atoms with Crippen molar-refractivity contribution in [1.29, 1.82) is 0 Å². The molecule has 27 heavy (non-hydrogen) atoms. The number of carbonyl (C=O) groups is 1. The van der Waals surface area contributed by atoms with Crippen LogP contribution in [-0.4, -0.2) is 15.7 Å². The van der Waals surface area contributed by atoms with Gasteiger partial charge in [0, 0.05) is 25.0 Å². The quantitative estimate of drug-likeness (QED) is 0.542. The predicted molar refractivity (Wildman–Crippen MR) is 108 cm³/mol. The van der Waals surface area contributed by atoms with Crippen LogP contribution in [0.2, 0.25) is 0 Å². The molecule has 0 saturated heterocycles. The zero-order valence-corrected chi connectivity index (χ0v) is 14.7. The molecule has 0 aliphatic heterocycles. The smallest absolute Gasteiger partial charge is 0.244 e. The van der Waals surface area contributed by atoms with E-state index in [1.54, 1.807) is 17.0 Å². The third kappa shape index (κ3) is 3.80. The van der Waals surface area contributed by atoms with E-state index >= 15 is 0 Å². The maximum absolute atomic E-state index is 12.3. The number of carbonyl (C=O) groups excluding carboxylic acids is 1. The lowest BCUT2D eigenvalue weighted by atomic mass is 10.0. The van der Waals surface area contributed by atoms with Crippen LogP contribution in [0, 0.1) is 0 Å². The average molecular weight is 353 g/mol. The van der Waals surface area contributed by atoms with Gasteiger partial charge >= 0.3 is 0 Å². The minimum absolute atomic E-state index is 0.127. The molecule has 0 radical (unpaired) electrons. The monoisotopic (exact) mass is 353 g/mol. The summed E-state index contributed by atoms with van der Waals surface area (Å²) < 4.78 is 1.80. The van der Waals surface area contributed by atoms with Crippen molar-refractivity contribution >= 4 is 22.8 Å². The summed E-state index contributed by atoms with van der Waals surface area (Å²) in [5.41, 5.74) is 2.99. The molecule has 1 aromatic heterocycles. The van der Waals surface area contributed by atoms with Crippen LogP contribution < -0.4 is 5.32 Å². The summed E-state index contributed by atoms with van der Waals surface area (Å²) in [6, 6.07) is 24.0. The lowest BCUT2D eigenvalue weighted by Gasteiger charge is -2.09. The Morgan fingerprint density at radius 2 is 1.78 bits per heavy atom. The van der Waals surface area contributed by atoms with Crippen LogP contribution in [0.5, 0.6) is 0 Å². The number of hydrogen-bond donors (Lipinski definition) is 1. The number of fused-ring (bicyclic) bond motifs is 1. The Bertz CT molecular complexity index is 1090. The van der Waals surface area contributed by atoms with Crippen molar-refractivity contribution < 1.29 is 4.79 Å². The van der Waals surface area contributed by atoms with Crippen molar-refractivity contribution in [3.05, 3.63) is 102 Å². The van der Waals surface area contributed by atoms with Crippen LogP contribution in [0.1, 0.15) is 11.1 Å². The third-order valence-corrected chi connectivity index (χ3v) is 4.43. The number of hydrogen-bond acceptors (Lipinski definition) is 2. The summed E-state index contributed by atoms with van der Waals surface area (Å²) in [5.74, 6) is -0.127. The summed E-state index contributed by atoms with van der Waals surface area (Å²) in [4.78, 5) is 12.3. The first-order valence-electron chi connectivity index (χ1n) is 8.83. The highest BCUT2D eigenvalue weighted by Crippen LogP contribution is 2.19. The fourth-order valence-corrected chi connectivity index (χ4v) is 3.10. The van der Waals surface area contributed by atoms with E-state index in [4.69, 9.17) is 0 Å². The van der Waals surface area contributed by atoms with Gasteiger partial charge in [-0.3, -0.25) is 4.79 Å². The van der Waals surface area contributed by atoms with Gasteiger partial charge in [-0.25, -0.2) is 4.68 Å². The van der Waals surface area contributed by atoms with E-state index in [2.05, 4.69) is 28.6 Å². The SMILES string of the molecule is O=C(/C=C/c1cccc2ccccc12)NCc1ccccc1-n1cccn1. The normalized spacial score (nSPS) is 11.1. The molecule has 0 aliphatic carbocycles. The fourth-order valence-electron chi connectivity index (χ4n) is 3.10. The Balaban J connectivity index is 1.47. The van der Waals surface area contributed by atoms with Crippen LogP contribution in [0.25, 0.3) is 22.5 Å². The molecule has 0 atom stereocenters. The van der Waals surface area contributed by atoms with Gasteiger partial charge < -0.3 is 5.32 Å². The van der Waals surface area contributed by atoms with E-state index in [1.165, 1.54) is 0 Å². The van der Waals surface area contributed by atoms with Crippen LogP contribution in [0.15, 0.2) is 91.3 Å². The zero-order chi connectivity index (χ0) is 18.5. The molecule has 0 spiro atoms. The minimum atomic E-state index is -0.127. The number of amides is 1. The van der Waals surface area contributed by atoms with Crippen LogP contribution in [0.4, 0.5) is 0 Å². The second-order valence-electron chi connectivity index (χ2n) is 6.20. The van der Waals surface area contributed by atoms with Gasteiger partial charge in [-0.2, -0.15) is 5.10 Å². The topological polar surface area (TPSA) is 46.9 Å². The van der Waals surface area contributed by atoms with Crippen LogP contribution in [0.3, 0.4) is 0 Å². The second kappa shape index (κ2) is 7.70. The van der Waals surface area contributed by atoms with E-state index in [1.807, 2.05) is 66.9 Å². The summed E-state index contributed by atoms with van der Waals surface area (Å²) in [6.07, 6.45) is 7.07.